The van der Waals surface area contributed by atoms with Gasteiger partial charge >= 0.3 is 0 Å². The predicted molar refractivity (Wildman–Crippen MR) is 77.2 cm³/mol. The number of nitrogens with one attached hydrogen (secondary N) is 1. The normalized spacial score (nSPS) is 14.5. The van der Waals surface area contributed by atoms with E-state index in [0.29, 0.717) is 12.4 Å². The SMILES string of the molecule is C[C@H](NCc1nc2ccccc2o1)[C@H](C)n1cccn1. The van der Waals surface area contributed by atoms with E-state index in [0.717, 1.165) is 11.1 Å². The van der Waals surface area contributed by atoms with Crippen LogP contribution in [0.3, 0.4) is 0 Å². The van der Waals surface area contributed by atoms with Crippen molar-refractivity contribution in [3.63, 3.8) is 0 Å². The zero-order valence-corrected chi connectivity index (χ0v) is 11.7. The molecule has 0 aliphatic heterocycles. The van der Waals surface area contributed by atoms with Gasteiger partial charge in [-0.05, 0) is 32.0 Å². The van der Waals surface area contributed by atoms with Crippen molar-refractivity contribution in [3.05, 3.63) is 48.6 Å². The van der Waals surface area contributed by atoms with Gasteiger partial charge in [0.2, 0.25) is 5.89 Å². The summed E-state index contributed by atoms with van der Waals surface area (Å²) in [4.78, 5) is 4.46. The summed E-state index contributed by atoms with van der Waals surface area (Å²) in [5.41, 5.74) is 1.73. The molecule has 0 unspecified atom stereocenters. The molecule has 0 amide bonds. The Morgan fingerprint density at radius 3 is 2.85 bits per heavy atom. The average Bonchev–Trinajstić information content (AvgIpc) is 3.12. The summed E-state index contributed by atoms with van der Waals surface area (Å²) in [6.07, 6.45) is 3.77. The molecule has 0 aliphatic carbocycles. The highest BCUT2D eigenvalue weighted by atomic mass is 16.3. The summed E-state index contributed by atoms with van der Waals surface area (Å²) >= 11 is 0. The van der Waals surface area contributed by atoms with Crippen LogP contribution in [-0.2, 0) is 6.54 Å². The lowest BCUT2D eigenvalue weighted by Crippen LogP contribution is -2.33. The fraction of sp³-hybridized carbons (Fsp3) is 0.333. The molecule has 104 valence electrons. The number of nitrogens with zero attached hydrogens (tertiary/aromatic N) is 3. The highest BCUT2D eigenvalue weighted by Crippen LogP contribution is 2.15. The molecule has 0 fully saturated rings. The third-order valence-electron chi connectivity index (χ3n) is 3.58. The van der Waals surface area contributed by atoms with E-state index in [2.05, 4.69) is 29.2 Å². The van der Waals surface area contributed by atoms with Crippen molar-refractivity contribution in [3.8, 4) is 0 Å². The van der Waals surface area contributed by atoms with E-state index in [-0.39, 0.29) is 12.1 Å². The summed E-state index contributed by atoms with van der Waals surface area (Å²) in [6.45, 7) is 4.88. The van der Waals surface area contributed by atoms with Crippen molar-refractivity contribution in [2.24, 2.45) is 0 Å². The molecule has 20 heavy (non-hydrogen) atoms. The van der Waals surface area contributed by atoms with Crippen molar-refractivity contribution in [2.45, 2.75) is 32.5 Å². The number of benzene rings is 1. The largest absolute Gasteiger partial charge is 0.439 e. The van der Waals surface area contributed by atoms with Crippen LogP contribution in [0.2, 0.25) is 0 Å². The molecular weight excluding hydrogens is 252 g/mol. The zero-order valence-electron chi connectivity index (χ0n) is 11.7. The van der Waals surface area contributed by atoms with Crippen LogP contribution in [0.1, 0.15) is 25.8 Å². The molecule has 0 aliphatic rings. The Morgan fingerprint density at radius 2 is 2.10 bits per heavy atom. The first-order valence-corrected chi connectivity index (χ1v) is 6.81. The van der Waals surface area contributed by atoms with Crippen LogP contribution in [0.15, 0.2) is 47.1 Å². The van der Waals surface area contributed by atoms with Crippen molar-refractivity contribution < 1.29 is 4.42 Å². The lowest BCUT2D eigenvalue weighted by atomic mass is 10.2. The maximum absolute atomic E-state index is 5.69. The molecule has 0 spiro atoms. The van der Waals surface area contributed by atoms with Crippen LogP contribution < -0.4 is 5.32 Å². The Balaban J connectivity index is 1.64. The number of hydrogen-bond donors (Lipinski definition) is 1. The fourth-order valence-corrected chi connectivity index (χ4v) is 2.17. The monoisotopic (exact) mass is 270 g/mol. The summed E-state index contributed by atoms with van der Waals surface area (Å²) < 4.78 is 7.64. The molecule has 3 aromatic rings. The van der Waals surface area contributed by atoms with Gasteiger partial charge in [0.25, 0.3) is 0 Å². The van der Waals surface area contributed by atoms with Crippen molar-refractivity contribution in [1.29, 1.82) is 0 Å². The van der Waals surface area contributed by atoms with E-state index in [1.807, 2.05) is 41.2 Å². The number of rotatable bonds is 5. The molecule has 0 saturated carbocycles. The van der Waals surface area contributed by atoms with Crippen LogP contribution in [0.25, 0.3) is 11.1 Å². The summed E-state index contributed by atoms with van der Waals surface area (Å²) in [5.74, 6) is 0.714. The highest BCUT2D eigenvalue weighted by Gasteiger charge is 2.14. The average molecular weight is 270 g/mol. The minimum absolute atomic E-state index is 0.268. The highest BCUT2D eigenvalue weighted by molar-refractivity contribution is 5.72. The van der Waals surface area contributed by atoms with Gasteiger partial charge in [0.05, 0.1) is 12.6 Å². The molecule has 5 heteroatoms. The molecule has 2 aromatic heterocycles. The molecule has 0 saturated heterocycles. The Hall–Kier alpha value is -2.14. The Bertz CT molecular complexity index is 641. The van der Waals surface area contributed by atoms with Gasteiger partial charge in [-0.3, -0.25) is 4.68 Å². The smallest absolute Gasteiger partial charge is 0.209 e. The first-order chi connectivity index (χ1) is 9.74. The first-order valence-electron chi connectivity index (χ1n) is 6.81. The van der Waals surface area contributed by atoms with Crippen molar-refractivity contribution >= 4 is 11.1 Å². The fourth-order valence-electron chi connectivity index (χ4n) is 2.17. The summed E-state index contributed by atoms with van der Waals surface area (Å²) in [5, 5.41) is 7.70. The van der Waals surface area contributed by atoms with Crippen LogP contribution in [0.5, 0.6) is 0 Å². The number of oxazole rings is 1. The predicted octanol–water partition coefficient (Wildman–Crippen LogP) is 2.76. The minimum Gasteiger partial charge on any atom is -0.439 e. The van der Waals surface area contributed by atoms with E-state index >= 15 is 0 Å². The van der Waals surface area contributed by atoms with E-state index in [9.17, 15) is 0 Å². The van der Waals surface area contributed by atoms with E-state index in [4.69, 9.17) is 4.42 Å². The van der Waals surface area contributed by atoms with Gasteiger partial charge in [-0.1, -0.05) is 12.1 Å². The molecule has 2 heterocycles. The van der Waals surface area contributed by atoms with Gasteiger partial charge in [0, 0.05) is 18.4 Å². The Labute approximate surface area is 117 Å². The molecule has 1 aromatic carbocycles. The minimum atomic E-state index is 0.268. The molecular formula is C15H18N4O. The quantitative estimate of drug-likeness (QED) is 0.774. The van der Waals surface area contributed by atoms with Crippen LogP contribution in [0.4, 0.5) is 0 Å². The second kappa shape index (κ2) is 5.46. The topological polar surface area (TPSA) is 55.9 Å². The number of fused-ring (bicyclic) bond motifs is 1. The second-order valence-electron chi connectivity index (χ2n) is 4.97. The van der Waals surface area contributed by atoms with Crippen LogP contribution >= 0.6 is 0 Å². The van der Waals surface area contributed by atoms with Crippen molar-refractivity contribution in [1.82, 2.24) is 20.1 Å². The molecule has 0 bridgehead atoms. The van der Waals surface area contributed by atoms with Gasteiger partial charge in [-0.15, -0.1) is 0 Å². The van der Waals surface area contributed by atoms with Crippen molar-refractivity contribution in [2.75, 3.05) is 0 Å². The van der Waals surface area contributed by atoms with Gasteiger partial charge in [-0.2, -0.15) is 5.10 Å². The second-order valence-corrected chi connectivity index (χ2v) is 4.97. The Kier molecular flexibility index (Phi) is 3.52. The van der Waals surface area contributed by atoms with Gasteiger partial charge in [0.15, 0.2) is 5.58 Å². The standard InChI is InChI=1S/C15H18N4O/c1-11(12(2)19-9-5-8-17-19)16-10-15-18-13-6-3-4-7-14(13)20-15/h3-9,11-12,16H,10H2,1-2H3/t11-,12-/m0/s1. The molecule has 5 nitrogen and oxygen atoms in total. The van der Waals surface area contributed by atoms with Gasteiger partial charge in [0.1, 0.15) is 5.52 Å². The maximum atomic E-state index is 5.69. The van der Waals surface area contributed by atoms with Gasteiger partial charge in [-0.25, -0.2) is 4.98 Å². The first kappa shape index (κ1) is 12.9. The lowest BCUT2D eigenvalue weighted by molar-refractivity contribution is 0.350. The number of para-hydroxylation sites is 2. The van der Waals surface area contributed by atoms with Gasteiger partial charge < -0.3 is 9.73 Å². The van der Waals surface area contributed by atoms with E-state index < -0.39 is 0 Å². The van der Waals surface area contributed by atoms with Crippen LogP contribution in [-0.4, -0.2) is 20.8 Å². The number of hydrogen-bond acceptors (Lipinski definition) is 4. The number of aromatic nitrogens is 3. The molecule has 1 N–H and O–H groups in total. The Morgan fingerprint density at radius 1 is 1.25 bits per heavy atom. The van der Waals surface area contributed by atoms with E-state index in [1.54, 1.807) is 6.20 Å². The molecule has 0 radical (unpaired) electrons. The third kappa shape index (κ3) is 2.58. The summed E-state index contributed by atoms with van der Waals surface area (Å²) in [6, 6.07) is 10.3. The van der Waals surface area contributed by atoms with E-state index in [1.165, 1.54) is 0 Å². The zero-order chi connectivity index (χ0) is 13.9. The molecule has 2 atom stereocenters. The summed E-state index contributed by atoms with van der Waals surface area (Å²) in [7, 11) is 0. The van der Waals surface area contributed by atoms with Crippen LogP contribution in [0, 0.1) is 0 Å². The maximum Gasteiger partial charge on any atom is 0.209 e. The lowest BCUT2D eigenvalue weighted by Gasteiger charge is -2.21. The third-order valence-corrected chi connectivity index (χ3v) is 3.58. The molecule has 3 rings (SSSR count).